The number of likely N-dealkylation sites (tertiary alicyclic amines) is 1. The van der Waals surface area contributed by atoms with Crippen LogP contribution in [0.3, 0.4) is 0 Å². The first kappa shape index (κ1) is 28.4. The molecule has 0 aliphatic carbocycles. The molecule has 1 N–H and O–H groups in total. The highest BCUT2D eigenvalue weighted by molar-refractivity contribution is 7.18. The van der Waals surface area contributed by atoms with E-state index in [4.69, 9.17) is 15.0 Å². The lowest BCUT2D eigenvalue weighted by Crippen LogP contribution is -2.60. The summed E-state index contributed by atoms with van der Waals surface area (Å²) in [4.78, 5) is 19.8. The number of hydrogen-bond donors (Lipinski definition) is 1. The average Bonchev–Trinajstić information content (AvgIpc) is 3.63. The van der Waals surface area contributed by atoms with Crippen LogP contribution in [-0.4, -0.2) is 82.0 Å². The van der Waals surface area contributed by atoms with E-state index in [1.165, 1.54) is 0 Å². The van der Waals surface area contributed by atoms with Crippen molar-refractivity contribution in [1.82, 2.24) is 29.7 Å². The molecule has 12 heteroatoms. The molecular weight excluding hydrogens is 538 g/mol. The van der Waals surface area contributed by atoms with Crippen LogP contribution < -0.4 is 10.2 Å². The van der Waals surface area contributed by atoms with Gasteiger partial charge in [0.1, 0.15) is 6.07 Å². The predicted octanol–water partition coefficient (Wildman–Crippen LogP) is 4.32. The van der Waals surface area contributed by atoms with E-state index < -0.39 is 0 Å². The zero-order valence-corrected chi connectivity index (χ0v) is 24.9. The van der Waals surface area contributed by atoms with Crippen LogP contribution in [0, 0.1) is 16.7 Å². The summed E-state index contributed by atoms with van der Waals surface area (Å²) >= 11 is 1.57. The molecule has 0 aromatic carbocycles. The number of carbonyl (C=O) groups is 1. The second-order valence-corrected chi connectivity index (χ2v) is 12.4. The van der Waals surface area contributed by atoms with Crippen LogP contribution in [0.2, 0.25) is 0 Å². The summed E-state index contributed by atoms with van der Waals surface area (Å²) in [6, 6.07) is 9.79. The average molecular weight is 574 g/mol. The van der Waals surface area contributed by atoms with Crippen LogP contribution >= 0.6 is 11.3 Å². The Kier molecular flexibility index (Phi) is 7.93. The molecule has 6 rings (SSSR count). The Balaban J connectivity index is 0.000000511. The first-order chi connectivity index (χ1) is 19.7. The molecule has 41 heavy (non-hydrogen) atoms. The number of carbonyl (C=O) groups excluding carboxylic acids is 1. The van der Waals surface area contributed by atoms with E-state index in [0.29, 0.717) is 11.0 Å². The number of amides is 1. The minimum Gasteiger partial charge on any atom is -0.387 e. The predicted molar refractivity (Wildman–Crippen MR) is 160 cm³/mol. The highest BCUT2D eigenvalue weighted by Gasteiger charge is 2.45. The number of fused-ring (bicyclic) bond motifs is 1. The van der Waals surface area contributed by atoms with Crippen molar-refractivity contribution in [3.05, 3.63) is 42.2 Å². The smallest absolute Gasteiger partial charge is 0.209 e. The summed E-state index contributed by atoms with van der Waals surface area (Å²) < 4.78 is 6.72. The summed E-state index contributed by atoms with van der Waals surface area (Å²) in [5.41, 5.74) is 5.12. The van der Waals surface area contributed by atoms with Gasteiger partial charge in [-0.3, -0.25) is 9.78 Å². The number of ether oxygens (including phenoxy) is 1. The molecule has 1 amide bonds. The van der Waals surface area contributed by atoms with Gasteiger partial charge in [-0.1, -0.05) is 11.3 Å². The fourth-order valence-electron chi connectivity index (χ4n) is 5.00. The van der Waals surface area contributed by atoms with Crippen LogP contribution in [0.25, 0.3) is 27.5 Å². The molecule has 2 aliphatic heterocycles. The summed E-state index contributed by atoms with van der Waals surface area (Å²) in [5.74, 6) is 0. The lowest BCUT2D eigenvalue weighted by molar-refractivity contribution is -0.120. The highest BCUT2D eigenvalue weighted by atomic mass is 32.1. The van der Waals surface area contributed by atoms with E-state index in [0.717, 1.165) is 83.7 Å². The monoisotopic (exact) mass is 573 g/mol. The molecule has 0 unspecified atom stereocenters. The zero-order valence-electron chi connectivity index (χ0n) is 24.1. The second-order valence-electron chi connectivity index (χ2n) is 11.5. The quantitative estimate of drug-likeness (QED) is 0.348. The molecular formula is C29H35N9O2S. The van der Waals surface area contributed by atoms with Crippen molar-refractivity contribution < 1.29 is 9.53 Å². The molecule has 4 aromatic rings. The Morgan fingerprint density at radius 1 is 1.15 bits per heavy atom. The van der Waals surface area contributed by atoms with Crippen LogP contribution in [0.5, 0.6) is 0 Å². The van der Waals surface area contributed by atoms with Gasteiger partial charge in [-0.25, -0.2) is 4.52 Å². The Labute approximate surface area is 243 Å². The van der Waals surface area contributed by atoms with Gasteiger partial charge in [0.2, 0.25) is 11.5 Å². The van der Waals surface area contributed by atoms with Crippen molar-refractivity contribution in [3.63, 3.8) is 0 Å². The third-order valence-corrected chi connectivity index (χ3v) is 8.67. The summed E-state index contributed by atoms with van der Waals surface area (Å²) in [6.07, 6.45) is 6.42. The van der Waals surface area contributed by atoms with Gasteiger partial charge in [-0.05, 0) is 57.9 Å². The molecule has 0 radical (unpaired) electrons. The summed E-state index contributed by atoms with van der Waals surface area (Å²) in [6.45, 7) is 9.67. The molecule has 6 heterocycles. The Bertz CT molecular complexity index is 1570. The maximum atomic E-state index is 11.0. The molecule has 4 aromatic heterocycles. The van der Waals surface area contributed by atoms with Gasteiger partial charge >= 0.3 is 0 Å². The highest BCUT2D eigenvalue weighted by Crippen LogP contribution is 2.44. The Morgan fingerprint density at radius 2 is 1.88 bits per heavy atom. The minimum absolute atomic E-state index is 0.0417. The van der Waals surface area contributed by atoms with Gasteiger partial charge in [-0.2, -0.15) is 10.4 Å². The normalized spacial score (nSPS) is 16.1. The van der Waals surface area contributed by atoms with Crippen LogP contribution in [0.1, 0.15) is 39.2 Å². The number of methoxy groups -OCH3 is 1. The van der Waals surface area contributed by atoms with Gasteiger partial charge < -0.3 is 19.9 Å². The fourth-order valence-corrected chi connectivity index (χ4v) is 5.86. The SMILES string of the molecule is CNc1cc(-c2ccc3cc(C#N)cnn23)ncc1-c1nnc(N2CC3(CCN(C=O)CC3)C2)s1.COC(C)(C)C. The van der Waals surface area contributed by atoms with Gasteiger partial charge in [0, 0.05) is 57.6 Å². The molecule has 0 saturated carbocycles. The van der Waals surface area contributed by atoms with Gasteiger partial charge in [-0.15, -0.1) is 10.2 Å². The number of pyridine rings is 1. The Morgan fingerprint density at radius 3 is 2.51 bits per heavy atom. The van der Waals surface area contributed by atoms with Crippen molar-refractivity contribution in [2.24, 2.45) is 5.41 Å². The molecule has 0 bridgehead atoms. The molecule has 2 aliphatic rings. The molecule has 2 saturated heterocycles. The third-order valence-electron chi connectivity index (χ3n) is 7.65. The number of nitrogens with zero attached hydrogens (tertiary/aromatic N) is 8. The van der Waals surface area contributed by atoms with Crippen molar-refractivity contribution in [2.45, 2.75) is 39.2 Å². The lowest BCUT2D eigenvalue weighted by atomic mass is 9.72. The standard InChI is InChI=1S/C24H23N9OS.C5H12O/c1-26-19-9-20(21-3-2-17-8-16(10-25)11-28-33(17)21)27-12-18(19)22-29-30-23(35-22)32-13-24(14-32)4-6-31(15-34)7-5-24;1-5(2,3)6-4/h2-3,8-9,11-12,15H,4-7,13-14H2,1H3,(H,26,27);1-4H3. The first-order valence-corrected chi connectivity index (χ1v) is 14.4. The number of hydrogen-bond acceptors (Lipinski definition) is 10. The van der Waals surface area contributed by atoms with Gasteiger partial charge in [0.05, 0.1) is 39.8 Å². The summed E-state index contributed by atoms with van der Waals surface area (Å²) in [5, 5.41) is 27.4. The largest absolute Gasteiger partial charge is 0.387 e. The molecule has 11 nitrogen and oxygen atoms in total. The van der Waals surface area contributed by atoms with E-state index in [1.54, 1.807) is 35.2 Å². The molecule has 1 spiro atoms. The van der Waals surface area contributed by atoms with Crippen molar-refractivity contribution in [3.8, 4) is 28.0 Å². The Hall–Kier alpha value is -4.08. The topological polar surface area (TPSA) is 125 Å². The number of aromatic nitrogens is 5. The summed E-state index contributed by atoms with van der Waals surface area (Å²) in [7, 11) is 3.59. The molecule has 214 valence electrons. The number of anilines is 2. The number of nitriles is 1. The van der Waals surface area contributed by atoms with E-state index in [-0.39, 0.29) is 5.60 Å². The third kappa shape index (κ3) is 6.01. The fraction of sp³-hybridized carbons (Fsp3) is 0.448. The van der Waals surface area contributed by atoms with Crippen LogP contribution in [0.4, 0.5) is 10.8 Å². The minimum atomic E-state index is 0.0417. The first-order valence-electron chi connectivity index (χ1n) is 13.6. The van der Waals surface area contributed by atoms with Crippen molar-refractivity contribution >= 4 is 34.1 Å². The zero-order chi connectivity index (χ0) is 29.2. The van der Waals surface area contributed by atoms with E-state index >= 15 is 0 Å². The van der Waals surface area contributed by atoms with Gasteiger partial charge in [0.25, 0.3) is 0 Å². The number of rotatable bonds is 5. The van der Waals surface area contributed by atoms with Crippen LogP contribution in [0.15, 0.2) is 36.7 Å². The van der Waals surface area contributed by atoms with Gasteiger partial charge in [0.15, 0.2) is 5.01 Å². The maximum Gasteiger partial charge on any atom is 0.209 e. The maximum absolute atomic E-state index is 11.0. The molecule has 2 fully saturated rings. The number of piperidine rings is 1. The van der Waals surface area contributed by atoms with Crippen molar-refractivity contribution in [1.29, 1.82) is 5.26 Å². The lowest BCUT2D eigenvalue weighted by Gasteiger charge is -2.53. The second kappa shape index (κ2) is 11.4. The van der Waals surface area contributed by atoms with E-state index in [2.05, 4.69) is 31.6 Å². The van der Waals surface area contributed by atoms with E-state index in [1.807, 2.05) is 57.1 Å². The van der Waals surface area contributed by atoms with Crippen LogP contribution in [-0.2, 0) is 9.53 Å². The number of nitrogens with one attached hydrogen (secondary N) is 1. The van der Waals surface area contributed by atoms with E-state index in [9.17, 15) is 4.79 Å². The molecule has 0 atom stereocenters. The van der Waals surface area contributed by atoms with Crippen molar-refractivity contribution in [2.75, 3.05) is 50.6 Å².